The molecule has 0 saturated heterocycles. The van der Waals surface area contributed by atoms with Gasteiger partial charge in [0.2, 0.25) is 5.91 Å². The predicted octanol–water partition coefficient (Wildman–Crippen LogP) is 5.56. The number of hydrogen-bond acceptors (Lipinski definition) is 5. The first kappa shape index (κ1) is 25.8. The summed E-state index contributed by atoms with van der Waals surface area (Å²) in [5.41, 5.74) is 2.26. The van der Waals surface area contributed by atoms with Crippen LogP contribution in [0.25, 0.3) is 0 Å². The van der Waals surface area contributed by atoms with Crippen LogP contribution in [0.5, 0.6) is 0 Å². The van der Waals surface area contributed by atoms with E-state index in [2.05, 4.69) is 34.3 Å². The molecule has 0 aliphatic carbocycles. The first-order valence-corrected chi connectivity index (χ1v) is 12.4. The lowest BCUT2D eigenvalue weighted by molar-refractivity contribution is -0.113. The Bertz CT molecular complexity index is 1180. The Morgan fingerprint density at radius 1 is 1.18 bits per heavy atom. The molecule has 0 aliphatic heterocycles. The number of amides is 2. The minimum Gasteiger partial charge on any atom is -0.342 e. The summed E-state index contributed by atoms with van der Waals surface area (Å²) < 4.78 is 1.81. The van der Waals surface area contributed by atoms with E-state index in [9.17, 15) is 9.59 Å². The number of nitrogens with zero attached hydrogens (tertiary/aromatic N) is 3. The van der Waals surface area contributed by atoms with Gasteiger partial charge >= 0.3 is 0 Å². The van der Waals surface area contributed by atoms with Crippen molar-refractivity contribution in [1.82, 2.24) is 20.1 Å². The zero-order valence-electron chi connectivity index (χ0n) is 18.8. The third kappa shape index (κ3) is 6.62. The van der Waals surface area contributed by atoms with Gasteiger partial charge in [-0.1, -0.05) is 60.1 Å². The molecule has 0 unspecified atom stereocenters. The molecule has 0 bridgehead atoms. The molecule has 7 nitrogen and oxygen atoms in total. The lowest BCUT2D eigenvalue weighted by atomic mass is 10.1. The lowest BCUT2D eigenvalue weighted by Gasteiger charge is -2.16. The topological polar surface area (TPSA) is 88.9 Å². The van der Waals surface area contributed by atoms with Gasteiger partial charge in [-0.25, -0.2) is 0 Å². The monoisotopic (exact) mass is 517 g/mol. The molecule has 2 aromatic carbocycles. The number of benzene rings is 2. The van der Waals surface area contributed by atoms with E-state index in [1.807, 2.05) is 28.8 Å². The lowest BCUT2D eigenvalue weighted by Crippen LogP contribution is -2.29. The van der Waals surface area contributed by atoms with Gasteiger partial charge in [-0.3, -0.25) is 9.59 Å². The number of allylic oxidation sites excluding steroid dienone is 1. The molecule has 0 saturated carbocycles. The maximum atomic E-state index is 12.7. The van der Waals surface area contributed by atoms with Crippen molar-refractivity contribution in [3.8, 4) is 0 Å². The molecule has 0 spiro atoms. The van der Waals surface area contributed by atoms with Crippen LogP contribution in [0.3, 0.4) is 0 Å². The van der Waals surface area contributed by atoms with Crippen LogP contribution in [0.15, 0.2) is 60.3 Å². The number of aryl methyl sites for hydroxylation is 1. The number of carbonyl (C=O) groups excluding carboxylic acids is 2. The Morgan fingerprint density at radius 2 is 1.91 bits per heavy atom. The van der Waals surface area contributed by atoms with Gasteiger partial charge in [-0.2, -0.15) is 0 Å². The highest BCUT2D eigenvalue weighted by Gasteiger charge is 2.21. The Morgan fingerprint density at radius 3 is 2.56 bits per heavy atom. The molecular weight excluding hydrogens is 493 g/mol. The summed E-state index contributed by atoms with van der Waals surface area (Å²) in [6, 6.07) is 12.0. The first-order chi connectivity index (χ1) is 16.3. The minimum atomic E-state index is -0.466. The van der Waals surface area contributed by atoms with Crippen LogP contribution >= 0.6 is 35.0 Å². The number of anilines is 1. The highest BCUT2D eigenvalue weighted by atomic mass is 35.5. The highest BCUT2D eigenvalue weighted by molar-refractivity contribution is 7.99. The van der Waals surface area contributed by atoms with Gasteiger partial charge in [0.15, 0.2) is 11.0 Å². The van der Waals surface area contributed by atoms with E-state index in [1.54, 1.807) is 25.1 Å². The Labute approximate surface area is 212 Å². The Balaban J connectivity index is 1.66. The van der Waals surface area contributed by atoms with Gasteiger partial charge in [-0.05, 0) is 49.2 Å². The number of carbonyl (C=O) groups is 2. The average Bonchev–Trinajstić information content (AvgIpc) is 3.21. The summed E-state index contributed by atoms with van der Waals surface area (Å²) in [5.74, 6) is 0.190. The maximum absolute atomic E-state index is 12.7. The highest BCUT2D eigenvalue weighted by Crippen LogP contribution is 2.24. The second kappa shape index (κ2) is 12.1. The van der Waals surface area contributed by atoms with Crippen LogP contribution in [0.1, 0.15) is 41.6 Å². The molecule has 0 fully saturated rings. The Hall–Kier alpha value is -2.81. The molecule has 2 N–H and O–H groups in total. The van der Waals surface area contributed by atoms with Crippen LogP contribution in [0.4, 0.5) is 5.69 Å². The molecule has 10 heteroatoms. The SMILES string of the molecule is C=CCn1c(SCC(=O)Nc2ccc(CC)cc2)nnc1[C@H](C)NC(=O)c1ccc(Cl)cc1Cl. The second-order valence-corrected chi connectivity index (χ2v) is 9.23. The van der Waals surface area contributed by atoms with E-state index in [1.165, 1.54) is 23.4 Å². The van der Waals surface area contributed by atoms with Gasteiger partial charge < -0.3 is 15.2 Å². The molecule has 1 heterocycles. The number of thioether (sulfide) groups is 1. The molecule has 0 radical (unpaired) electrons. The normalized spacial score (nSPS) is 11.6. The molecule has 34 heavy (non-hydrogen) atoms. The van der Waals surface area contributed by atoms with Crippen LogP contribution in [0.2, 0.25) is 10.0 Å². The van der Waals surface area contributed by atoms with E-state index in [4.69, 9.17) is 23.2 Å². The van der Waals surface area contributed by atoms with E-state index in [-0.39, 0.29) is 22.6 Å². The van der Waals surface area contributed by atoms with Gasteiger partial charge in [0, 0.05) is 17.3 Å². The quantitative estimate of drug-likeness (QED) is 0.271. The molecule has 178 valence electrons. The van der Waals surface area contributed by atoms with Crippen molar-refractivity contribution in [2.45, 2.75) is 38.0 Å². The van der Waals surface area contributed by atoms with Crippen molar-refractivity contribution in [2.75, 3.05) is 11.1 Å². The zero-order valence-corrected chi connectivity index (χ0v) is 21.2. The summed E-state index contributed by atoms with van der Waals surface area (Å²) >= 11 is 13.3. The fourth-order valence-electron chi connectivity index (χ4n) is 3.19. The largest absolute Gasteiger partial charge is 0.342 e. The van der Waals surface area contributed by atoms with Crippen molar-refractivity contribution < 1.29 is 9.59 Å². The number of hydrogen-bond donors (Lipinski definition) is 2. The molecule has 3 rings (SSSR count). The number of aromatic nitrogens is 3. The third-order valence-corrected chi connectivity index (χ3v) is 6.46. The fraction of sp³-hybridized carbons (Fsp3) is 0.250. The number of halogens is 2. The molecule has 1 atom stereocenters. The number of nitrogens with one attached hydrogen (secondary N) is 2. The smallest absolute Gasteiger partial charge is 0.253 e. The summed E-state index contributed by atoms with van der Waals surface area (Å²) in [7, 11) is 0. The molecule has 0 aliphatic rings. The Kier molecular flexibility index (Phi) is 9.15. The van der Waals surface area contributed by atoms with Crippen molar-refractivity contribution in [3.63, 3.8) is 0 Å². The third-order valence-electron chi connectivity index (χ3n) is 4.95. The second-order valence-electron chi connectivity index (χ2n) is 7.45. The molecular formula is C24H25Cl2N5O2S. The summed E-state index contributed by atoms with van der Waals surface area (Å²) in [6.07, 6.45) is 2.65. The molecule has 1 aromatic heterocycles. The van der Waals surface area contributed by atoms with Gasteiger partial charge in [0.1, 0.15) is 0 Å². The van der Waals surface area contributed by atoms with Crippen molar-refractivity contribution in [3.05, 3.63) is 82.1 Å². The zero-order chi connectivity index (χ0) is 24.7. The van der Waals surface area contributed by atoms with Gasteiger partial charge in [-0.15, -0.1) is 16.8 Å². The van der Waals surface area contributed by atoms with E-state index in [0.29, 0.717) is 28.1 Å². The fourth-order valence-corrected chi connectivity index (χ4v) is 4.44. The first-order valence-electron chi connectivity index (χ1n) is 10.6. The van der Waals surface area contributed by atoms with Crippen LogP contribution < -0.4 is 10.6 Å². The van der Waals surface area contributed by atoms with E-state index < -0.39 is 6.04 Å². The molecule has 3 aromatic rings. The molecule has 2 amide bonds. The maximum Gasteiger partial charge on any atom is 0.253 e. The van der Waals surface area contributed by atoms with Crippen LogP contribution in [-0.4, -0.2) is 32.3 Å². The van der Waals surface area contributed by atoms with E-state index >= 15 is 0 Å². The van der Waals surface area contributed by atoms with E-state index in [0.717, 1.165) is 12.1 Å². The summed E-state index contributed by atoms with van der Waals surface area (Å²) in [5, 5.41) is 15.5. The van der Waals surface area contributed by atoms with Crippen LogP contribution in [0, 0.1) is 0 Å². The average molecular weight is 518 g/mol. The number of rotatable bonds is 10. The van der Waals surface area contributed by atoms with Crippen molar-refractivity contribution in [2.24, 2.45) is 0 Å². The van der Waals surface area contributed by atoms with Crippen molar-refractivity contribution >= 4 is 52.5 Å². The van der Waals surface area contributed by atoms with Gasteiger partial charge in [0.25, 0.3) is 5.91 Å². The van der Waals surface area contributed by atoms with Crippen molar-refractivity contribution in [1.29, 1.82) is 0 Å². The standard InChI is InChI=1S/C24H25Cl2N5O2S/c1-4-12-31-22(15(3)27-23(33)19-11-8-17(25)13-20(19)26)29-30-24(31)34-14-21(32)28-18-9-6-16(5-2)7-10-18/h4,6-11,13,15H,1,5,12,14H2,2-3H3,(H,27,33)(H,28,32)/t15-/m0/s1. The minimum absolute atomic E-state index is 0.150. The summed E-state index contributed by atoms with van der Waals surface area (Å²) in [6.45, 7) is 8.09. The van der Waals surface area contributed by atoms with Crippen LogP contribution in [-0.2, 0) is 17.8 Å². The summed E-state index contributed by atoms with van der Waals surface area (Å²) in [4.78, 5) is 25.1. The van der Waals surface area contributed by atoms with Gasteiger partial charge in [0.05, 0.1) is 22.4 Å². The predicted molar refractivity (Wildman–Crippen MR) is 138 cm³/mol.